The molecule has 1 unspecified atom stereocenters. The fourth-order valence-electron chi connectivity index (χ4n) is 2.73. The van der Waals surface area contributed by atoms with Crippen molar-refractivity contribution in [2.75, 3.05) is 11.4 Å². The molecule has 0 saturated carbocycles. The van der Waals surface area contributed by atoms with Crippen LogP contribution in [-0.4, -0.2) is 24.8 Å². The van der Waals surface area contributed by atoms with Crippen molar-refractivity contribution < 1.29 is 19.1 Å². The molecule has 5 heteroatoms. The zero-order chi connectivity index (χ0) is 17.1. The van der Waals surface area contributed by atoms with E-state index < -0.39 is 6.10 Å². The Labute approximate surface area is 140 Å². The maximum absolute atomic E-state index is 12.3. The molecule has 0 saturated heterocycles. The molecular formula is C19H19NO4. The average molecular weight is 325 g/mol. The van der Waals surface area contributed by atoms with Gasteiger partial charge in [0.1, 0.15) is 12.9 Å². The SMILES string of the molecule is CCN1C(=O)C(C)Oc2c(OCc3ccccc3)cc(C=O)cc21. The summed E-state index contributed by atoms with van der Waals surface area (Å²) in [6, 6.07) is 13.0. The van der Waals surface area contributed by atoms with Gasteiger partial charge in [-0.05, 0) is 31.5 Å². The molecule has 0 radical (unpaired) electrons. The zero-order valence-corrected chi connectivity index (χ0v) is 13.7. The predicted octanol–water partition coefficient (Wildman–Crippen LogP) is 3.21. The van der Waals surface area contributed by atoms with Crippen molar-refractivity contribution in [3.63, 3.8) is 0 Å². The van der Waals surface area contributed by atoms with E-state index in [9.17, 15) is 9.59 Å². The number of aldehydes is 1. The van der Waals surface area contributed by atoms with Crippen LogP contribution in [0.25, 0.3) is 0 Å². The third kappa shape index (κ3) is 2.97. The first kappa shape index (κ1) is 16.1. The summed E-state index contributed by atoms with van der Waals surface area (Å²) >= 11 is 0. The first-order valence-corrected chi connectivity index (χ1v) is 7.92. The lowest BCUT2D eigenvalue weighted by Gasteiger charge is -2.33. The summed E-state index contributed by atoms with van der Waals surface area (Å²) in [6.45, 7) is 4.45. The summed E-state index contributed by atoms with van der Waals surface area (Å²) in [5.41, 5.74) is 2.03. The first-order valence-electron chi connectivity index (χ1n) is 7.92. The molecule has 1 aliphatic heterocycles. The number of likely N-dealkylation sites (N-methyl/N-ethyl adjacent to an activating group) is 1. The van der Waals surface area contributed by atoms with E-state index in [1.54, 1.807) is 24.0 Å². The number of fused-ring (bicyclic) bond motifs is 1. The van der Waals surface area contributed by atoms with E-state index >= 15 is 0 Å². The highest BCUT2D eigenvalue weighted by Gasteiger charge is 2.33. The van der Waals surface area contributed by atoms with Gasteiger partial charge in [-0.1, -0.05) is 30.3 Å². The molecule has 0 fully saturated rings. The molecule has 124 valence electrons. The lowest BCUT2D eigenvalue weighted by molar-refractivity contribution is -0.125. The molecule has 0 bridgehead atoms. The Kier molecular flexibility index (Phi) is 4.51. The molecule has 24 heavy (non-hydrogen) atoms. The van der Waals surface area contributed by atoms with E-state index in [0.29, 0.717) is 35.9 Å². The normalized spacial score (nSPS) is 16.3. The van der Waals surface area contributed by atoms with Crippen molar-refractivity contribution in [1.29, 1.82) is 0 Å². The smallest absolute Gasteiger partial charge is 0.267 e. The second-order valence-corrected chi connectivity index (χ2v) is 5.60. The first-order chi connectivity index (χ1) is 11.6. The van der Waals surface area contributed by atoms with Crippen molar-refractivity contribution >= 4 is 17.9 Å². The number of carbonyl (C=O) groups is 2. The lowest BCUT2D eigenvalue weighted by atomic mass is 10.1. The number of anilines is 1. The number of benzene rings is 2. The monoisotopic (exact) mass is 325 g/mol. The van der Waals surface area contributed by atoms with Gasteiger partial charge in [0.2, 0.25) is 0 Å². The molecule has 0 aliphatic carbocycles. The molecule has 1 atom stereocenters. The third-order valence-electron chi connectivity index (χ3n) is 3.95. The minimum absolute atomic E-state index is 0.123. The molecule has 2 aromatic rings. The molecule has 0 spiro atoms. The van der Waals surface area contributed by atoms with Gasteiger partial charge in [-0.15, -0.1) is 0 Å². The molecule has 1 heterocycles. The van der Waals surface area contributed by atoms with E-state index in [0.717, 1.165) is 11.8 Å². The van der Waals surface area contributed by atoms with Gasteiger partial charge in [-0.2, -0.15) is 0 Å². The van der Waals surface area contributed by atoms with Gasteiger partial charge in [-0.25, -0.2) is 0 Å². The fourth-order valence-corrected chi connectivity index (χ4v) is 2.73. The van der Waals surface area contributed by atoms with Crippen LogP contribution in [0.2, 0.25) is 0 Å². The van der Waals surface area contributed by atoms with E-state index in [1.165, 1.54) is 0 Å². The second kappa shape index (κ2) is 6.74. The van der Waals surface area contributed by atoms with E-state index in [-0.39, 0.29) is 5.91 Å². The maximum Gasteiger partial charge on any atom is 0.267 e. The number of nitrogens with zero attached hydrogens (tertiary/aromatic N) is 1. The van der Waals surface area contributed by atoms with Crippen LogP contribution in [0.1, 0.15) is 29.8 Å². The Bertz CT molecular complexity index is 757. The van der Waals surface area contributed by atoms with E-state index in [2.05, 4.69) is 0 Å². The highest BCUT2D eigenvalue weighted by Crippen LogP contribution is 2.42. The number of hydrogen-bond acceptors (Lipinski definition) is 4. The molecule has 5 nitrogen and oxygen atoms in total. The van der Waals surface area contributed by atoms with Gasteiger partial charge in [0.25, 0.3) is 5.91 Å². The summed E-state index contributed by atoms with van der Waals surface area (Å²) in [6.07, 6.45) is 0.157. The molecule has 1 amide bonds. The summed E-state index contributed by atoms with van der Waals surface area (Å²) in [7, 11) is 0. The highest BCUT2D eigenvalue weighted by atomic mass is 16.5. The molecule has 0 N–H and O–H groups in total. The fraction of sp³-hybridized carbons (Fsp3) is 0.263. The van der Waals surface area contributed by atoms with Gasteiger partial charge < -0.3 is 14.4 Å². The number of ether oxygens (including phenoxy) is 2. The van der Waals surface area contributed by atoms with E-state index in [4.69, 9.17) is 9.47 Å². The Balaban J connectivity index is 1.98. The Morgan fingerprint density at radius 1 is 1.25 bits per heavy atom. The van der Waals surface area contributed by atoms with Gasteiger partial charge >= 0.3 is 0 Å². The summed E-state index contributed by atoms with van der Waals surface area (Å²) < 4.78 is 11.7. The number of rotatable bonds is 5. The van der Waals surface area contributed by atoms with Crippen LogP contribution in [-0.2, 0) is 11.4 Å². The minimum atomic E-state index is -0.585. The lowest BCUT2D eigenvalue weighted by Crippen LogP contribution is -2.44. The van der Waals surface area contributed by atoms with Crippen molar-refractivity contribution in [2.45, 2.75) is 26.6 Å². The van der Waals surface area contributed by atoms with Crippen LogP contribution in [0.15, 0.2) is 42.5 Å². The highest BCUT2D eigenvalue weighted by molar-refractivity contribution is 6.01. The largest absolute Gasteiger partial charge is 0.485 e. The number of hydrogen-bond donors (Lipinski definition) is 0. The van der Waals surface area contributed by atoms with Crippen molar-refractivity contribution in [2.24, 2.45) is 0 Å². The average Bonchev–Trinajstić information content (AvgIpc) is 2.62. The molecule has 3 rings (SSSR count). The topological polar surface area (TPSA) is 55.8 Å². The molecule has 0 aromatic heterocycles. The van der Waals surface area contributed by atoms with Gasteiger partial charge in [-0.3, -0.25) is 9.59 Å². The summed E-state index contributed by atoms with van der Waals surface area (Å²) in [4.78, 5) is 25.2. The van der Waals surface area contributed by atoms with Crippen LogP contribution in [0, 0.1) is 0 Å². The van der Waals surface area contributed by atoms with Crippen LogP contribution >= 0.6 is 0 Å². The zero-order valence-electron chi connectivity index (χ0n) is 13.7. The third-order valence-corrected chi connectivity index (χ3v) is 3.95. The minimum Gasteiger partial charge on any atom is -0.485 e. The van der Waals surface area contributed by atoms with Gasteiger partial charge in [0.05, 0.1) is 5.69 Å². The van der Waals surface area contributed by atoms with Crippen molar-refractivity contribution in [3.05, 3.63) is 53.6 Å². The Hall–Kier alpha value is -2.82. The standard InChI is InChI=1S/C19H19NO4/c1-3-20-16-9-15(11-21)10-17(18(16)24-13(2)19(20)22)23-12-14-7-5-4-6-8-14/h4-11,13H,3,12H2,1-2H3. The van der Waals surface area contributed by atoms with Gasteiger partial charge in [0.15, 0.2) is 17.6 Å². The molecule has 1 aliphatic rings. The second-order valence-electron chi connectivity index (χ2n) is 5.60. The molecular weight excluding hydrogens is 306 g/mol. The van der Waals surface area contributed by atoms with Crippen LogP contribution in [0.3, 0.4) is 0 Å². The van der Waals surface area contributed by atoms with Gasteiger partial charge in [0, 0.05) is 12.1 Å². The Morgan fingerprint density at radius 3 is 2.67 bits per heavy atom. The maximum atomic E-state index is 12.3. The van der Waals surface area contributed by atoms with Crippen molar-refractivity contribution in [3.8, 4) is 11.5 Å². The predicted molar refractivity (Wildman–Crippen MR) is 90.7 cm³/mol. The van der Waals surface area contributed by atoms with Crippen molar-refractivity contribution in [1.82, 2.24) is 0 Å². The summed E-state index contributed by atoms with van der Waals surface area (Å²) in [5, 5.41) is 0. The quantitative estimate of drug-likeness (QED) is 0.792. The number of carbonyl (C=O) groups excluding carboxylic acids is 2. The van der Waals surface area contributed by atoms with E-state index in [1.807, 2.05) is 37.3 Å². The Morgan fingerprint density at radius 2 is 2.00 bits per heavy atom. The summed E-state index contributed by atoms with van der Waals surface area (Å²) in [5.74, 6) is 0.851. The van der Waals surface area contributed by atoms with Crippen LogP contribution < -0.4 is 14.4 Å². The number of amides is 1. The van der Waals surface area contributed by atoms with Crippen LogP contribution in [0.5, 0.6) is 11.5 Å². The van der Waals surface area contributed by atoms with Crippen LogP contribution in [0.4, 0.5) is 5.69 Å². The molecule has 2 aromatic carbocycles.